The Kier molecular flexibility index (Phi) is 5.13. The maximum Gasteiger partial charge on any atom is 0.319 e. The summed E-state index contributed by atoms with van der Waals surface area (Å²) in [6, 6.07) is 5.57. The van der Waals surface area contributed by atoms with Crippen LogP contribution in [0, 0.1) is 30.9 Å². The van der Waals surface area contributed by atoms with Crippen molar-refractivity contribution in [3.8, 4) is 0 Å². The topological polar surface area (TPSA) is 118 Å². The molecule has 3 N–H and O–H groups in total. The van der Waals surface area contributed by atoms with E-state index >= 15 is 0 Å². The number of urea groups is 1. The zero-order valence-corrected chi connectivity index (χ0v) is 14.5. The van der Waals surface area contributed by atoms with E-state index in [0.29, 0.717) is 28.3 Å². The molecule has 134 valence electrons. The molecule has 0 spiro atoms. The standard InChI is InChI=1S/C17H21N3O5/c1-10-5-6-13(8-15(10)20(23)24)19-16(21)18-9-17(4,22)14-7-11(2)25-12(14)3/h5-8,22H,9H2,1-4H3,(H2,18,19,21). The molecule has 0 radical (unpaired) electrons. The van der Waals surface area contributed by atoms with Crippen molar-refractivity contribution in [3.05, 3.63) is 57.0 Å². The van der Waals surface area contributed by atoms with Gasteiger partial charge in [-0.25, -0.2) is 4.79 Å². The lowest BCUT2D eigenvalue weighted by Crippen LogP contribution is -2.40. The van der Waals surface area contributed by atoms with Gasteiger partial charge < -0.3 is 20.2 Å². The van der Waals surface area contributed by atoms with Gasteiger partial charge in [0.05, 0.1) is 11.5 Å². The van der Waals surface area contributed by atoms with E-state index in [1.807, 2.05) is 0 Å². The number of nitrogens with zero attached hydrogens (tertiary/aromatic N) is 1. The monoisotopic (exact) mass is 347 g/mol. The molecule has 0 aliphatic rings. The fraction of sp³-hybridized carbons (Fsp3) is 0.353. The van der Waals surface area contributed by atoms with Crippen LogP contribution in [0.15, 0.2) is 28.7 Å². The molecule has 1 unspecified atom stereocenters. The first-order valence-corrected chi connectivity index (χ1v) is 7.70. The van der Waals surface area contributed by atoms with Crippen molar-refractivity contribution in [3.63, 3.8) is 0 Å². The molecule has 1 heterocycles. The summed E-state index contributed by atoms with van der Waals surface area (Å²) in [5, 5.41) is 26.6. The Labute approximate surface area is 145 Å². The van der Waals surface area contributed by atoms with Crippen LogP contribution in [0.4, 0.5) is 16.2 Å². The van der Waals surface area contributed by atoms with E-state index in [9.17, 15) is 20.0 Å². The molecule has 2 rings (SSSR count). The normalized spacial score (nSPS) is 13.2. The summed E-state index contributed by atoms with van der Waals surface area (Å²) in [4.78, 5) is 22.5. The van der Waals surface area contributed by atoms with Crippen molar-refractivity contribution in [1.29, 1.82) is 0 Å². The Morgan fingerprint density at radius 1 is 1.32 bits per heavy atom. The van der Waals surface area contributed by atoms with Crippen molar-refractivity contribution in [1.82, 2.24) is 5.32 Å². The van der Waals surface area contributed by atoms with Crippen LogP contribution >= 0.6 is 0 Å². The van der Waals surface area contributed by atoms with Gasteiger partial charge in [-0.2, -0.15) is 0 Å². The van der Waals surface area contributed by atoms with E-state index in [0.717, 1.165) is 0 Å². The fourth-order valence-corrected chi connectivity index (χ4v) is 2.57. The highest BCUT2D eigenvalue weighted by molar-refractivity contribution is 5.89. The minimum atomic E-state index is -1.31. The van der Waals surface area contributed by atoms with E-state index in [-0.39, 0.29) is 12.2 Å². The maximum absolute atomic E-state index is 12.0. The molecule has 0 bridgehead atoms. The molecule has 25 heavy (non-hydrogen) atoms. The number of hydrogen-bond donors (Lipinski definition) is 3. The Hall–Kier alpha value is -2.87. The van der Waals surface area contributed by atoms with Gasteiger partial charge in [0.2, 0.25) is 0 Å². The van der Waals surface area contributed by atoms with Gasteiger partial charge >= 0.3 is 6.03 Å². The minimum absolute atomic E-state index is 0.0490. The van der Waals surface area contributed by atoms with Crippen molar-refractivity contribution in [2.45, 2.75) is 33.3 Å². The van der Waals surface area contributed by atoms with Crippen LogP contribution < -0.4 is 10.6 Å². The van der Waals surface area contributed by atoms with Crippen LogP contribution in [0.5, 0.6) is 0 Å². The second-order valence-electron chi connectivity index (χ2n) is 6.17. The van der Waals surface area contributed by atoms with Crippen molar-refractivity contribution < 1.29 is 19.2 Å². The van der Waals surface area contributed by atoms with E-state index in [4.69, 9.17) is 4.42 Å². The first kappa shape index (κ1) is 18.5. The lowest BCUT2D eigenvalue weighted by Gasteiger charge is -2.23. The molecule has 0 fully saturated rings. The lowest BCUT2D eigenvalue weighted by atomic mass is 9.96. The molecule has 2 aromatic rings. The number of anilines is 1. The van der Waals surface area contributed by atoms with E-state index < -0.39 is 16.6 Å². The van der Waals surface area contributed by atoms with Gasteiger partial charge in [0.15, 0.2) is 0 Å². The van der Waals surface area contributed by atoms with Crippen LogP contribution in [0.2, 0.25) is 0 Å². The smallest absolute Gasteiger partial charge is 0.319 e. The predicted molar refractivity (Wildman–Crippen MR) is 92.6 cm³/mol. The molecule has 0 aliphatic heterocycles. The average Bonchev–Trinajstić information content (AvgIpc) is 2.86. The van der Waals surface area contributed by atoms with Crippen LogP contribution in [-0.2, 0) is 5.60 Å². The van der Waals surface area contributed by atoms with E-state index in [1.54, 1.807) is 45.9 Å². The third-order valence-corrected chi connectivity index (χ3v) is 3.88. The molecule has 0 saturated carbocycles. The summed E-state index contributed by atoms with van der Waals surface area (Å²) in [6.07, 6.45) is 0. The molecule has 0 aliphatic carbocycles. The highest BCUT2D eigenvalue weighted by atomic mass is 16.6. The highest BCUT2D eigenvalue weighted by Gasteiger charge is 2.28. The number of benzene rings is 1. The number of furan rings is 1. The molecular formula is C17H21N3O5. The summed E-state index contributed by atoms with van der Waals surface area (Å²) in [5.41, 5.74) is 0.0124. The quantitative estimate of drug-likeness (QED) is 0.567. The summed E-state index contributed by atoms with van der Waals surface area (Å²) in [7, 11) is 0. The van der Waals surface area contributed by atoms with Crippen LogP contribution in [0.3, 0.4) is 0 Å². The fourth-order valence-electron chi connectivity index (χ4n) is 2.57. The molecule has 1 aromatic heterocycles. The first-order valence-electron chi connectivity index (χ1n) is 7.70. The molecule has 8 nitrogen and oxygen atoms in total. The number of amides is 2. The van der Waals surface area contributed by atoms with E-state index in [2.05, 4.69) is 10.6 Å². The first-order chi connectivity index (χ1) is 11.6. The van der Waals surface area contributed by atoms with Crippen molar-refractivity contribution in [2.75, 3.05) is 11.9 Å². The number of carbonyl (C=O) groups excluding carboxylic acids is 1. The zero-order chi connectivity index (χ0) is 18.8. The minimum Gasteiger partial charge on any atom is -0.466 e. The Balaban J connectivity index is 2.02. The molecule has 1 aromatic carbocycles. The third-order valence-electron chi connectivity index (χ3n) is 3.88. The second kappa shape index (κ2) is 6.94. The SMILES string of the molecule is Cc1cc(C(C)(O)CNC(=O)Nc2ccc(C)c([N+](=O)[O-])c2)c(C)o1. The van der Waals surface area contributed by atoms with Gasteiger partial charge in [-0.1, -0.05) is 6.07 Å². The van der Waals surface area contributed by atoms with Crippen LogP contribution in [-0.4, -0.2) is 22.6 Å². The molecule has 8 heteroatoms. The highest BCUT2D eigenvalue weighted by Crippen LogP contribution is 2.26. The zero-order valence-electron chi connectivity index (χ0n) is 14.5. The number of aliphatic hydroxyl groups is 1. The third kappa shape index (κ3) is 4.36. The largest absolute Gasteiger partial charge is 0.466 e. The number of nitro groups is 1. The summed E-state index contributed by atoms with van der Waals surface area (Å²) in [5.74, 6) is 1.25. The Bertz CT molecular complexity index is 811. The number of nitrogens with one attached hydrogen (secondary N) is 2. The van der Waals surface area contributed by atoms with Gasteiger partial charge in [0.25, 0.3) is 5.69 Å². The van der Waals surface area contributed by atoms with Gasteiger partial charge in [-0.3, -0.25) is 10.1 Å². The molecule has 0 saturated heterocycles. The van der Waals surface area contributed by atoms with Crippen LogP contribution in [0.1, 0.15) is 29.6 Å². The van der Waals surface area contributed by atoms with Gasteiger partial charge in [0, 0.05) is 22.9 Å². The molecule has 2 amide bonds. The molecule has 1 atom stereocenters. The predicted octanol–water partition coefficient (Wildman–Crippen LogP) is 3.14. The van der Waals surface area contributed by atoms with Gasteiger partial charge in [0.1, 0.15) is 17.1 Å². The number of nitro benzene ring substituents is 1. The van der Waals surface area contributed by atoms with Gasteiger partial charge in [-0.05, 0) is 39.8 Å². The van der Waals surface area contributed by atoms with Gasteiger partial charge in [-0.15, -0.1) is 0 Å². The summed E-state index contributed by atoms with van der Waals surface area (Å²) < 4.78 is 5.40. The van der Waals surface area contributed by atoms with Crippen molar-refractivity contribution >= 4 is 17.4 Å². The summed E-state index contributed by atoms with van der Waals surface area (Å²) >= 11 is 0. The number of hydrogen-bond acceptors (Lipinski definition) is 5. The number of rotatable bonds is 5. The average molecular weight is 347 g/mol. The van der Waals surface area contributed by atoms with Crippen molar-refractivity contribution in [2.24, 2.45) is 0 Å². The van der Waals surface area contributed by atoms with Crippen LogP contribution in [0.25, 0.3) is 0 Å². The second-order valence-corrected chi connectivity index (χ2v) is 6.17. The van der Waals surface area contributed by atoms with E-state index in [1.165, 1.54) is 6.07 Å². The number of carbonyl (C=O) groups is 1. The summed E-state index contributed by atoms with van der Waals surface area (Å²) in [6.45, 7) is 6.65. The number of aryl methyl sites for hydroxylation is 3. The maximum atomic E-state index is 12.0. The Morgan fingerprint density at radius 2 is 2.00 bits per heavy atom. The lowest BCUT2D eigenvalue weighted by molar-refractivity contribution is -0.385. The molecular weight excluding hydrogens is 326 g/mol. The Morgan fingerprint density at radius 3 is 2.56 bits per heavy atom.